The molecule has 1 N–H and O–H groups in total. The molecule has 110 valence electrons. The Labute approximate surface area is 122 Å². The molecule has 0 bridgehead atoms. The normalized spacial score (nSPS) is 19.6. The lowest BCUT2D eigenvalue weighted by Crippen LogP contribution is -2.23. The van der Waals surface area contributed by atoms with Crippen molar-refractivity contribution in [3.63, 3.8) is 0 Å². The molecule has 0 spiro atoms. The summed E-state index contributed by atoms with van der Waals surface area (Å²) in [6.45, 7) is 6.19. The van der Waals surface area contributed by atoms with E-state index in [4.69, 9.17) is 4.74 Å². The molecule has 1 heterocycles. The van der Waals surface area contributed by atoms with Crippen LogP contribution in [0, 0.1) is 0 Å². The fraction of sp³-hybridized carbons (Fsp3) is 0.647. The van der Waals surface area contributed by atoms with Crippen LogP contribution >= 0.6 is 0 Å². The summed E-state index contributed by atoms with van der Waals surface area (Å²) >= 11 is 0. The van der Waals surface area contributed by atoms with Crippen molar-refractivity contribution in [3.05, 3.63) is 35.4 Å². The van der Waals surface area contributed by atoms with Gasteiger partial charge in [0.05, 0.1) is 13.2 Å². The second kappa shape index (κ2) is 7.21. The van der Waals surface area contributed by atoms with Gasteiger partial charge in [0.15, 0.2) is 0 Å². The summed E-state index contributed by atoms with van der Waals surface area (Å²) in [6, 6.07) is 9.60. The Morgan fingerprint density at radius 2 is 1.75 bits per heavy atom. The number of rotatable bonds is 8. The molecule has 1 aromatic carbocycles. The molecule has 3 heteroatoms. The summed E-state index contributed by atoms with van der Waals surface area (Å²) in [5.41, 5.74) is 2.65. The second-order valence-electron chi connectivity index (χ2n) is 6.07. The summed E-state index contributed by atoms with van der Waals surface area (Å²) in [4.78, 5) is 2.49. The van der Waals surface area contributed by atoms with Crippen LogP contribution < -0.4 is 5.32 Å². The summed E-state index contributed by atoms with van der Waals surface area (Å²) in [6.07, 6.45) is 5.42. The highest BCUT2D eigenvalue weighted by Gasteiger charge is 2.19. The van der Waals surface area contributed by atoms with E-state index in [0.29, 0.717) is 0 Å². The molecule has 0 radical (unpaired) electrons. The fourth-order valence-corrected chi connectivity index (χ4v) is 2.69. The van der Waals surface area contributed by atoms with Crippen molar-refractivity contribution in [1.29, 1.82) is 0 Å². The van der Waals surface area contributed by atoms with E-state index in [9.17, 15) is 0 Å². The van der Waals surface area contributed by atoms with Gasteiger partial charge in [-0.3, -0.25) is 0 Å². The Morgan fingerprint density at radius 1 is 1.05 bits per heavy atom. The van der Waals surface area contributed by atoms with E-state index in [1.807, 2.05) is 0 Å². The number of ether oxygens (including phenoxy) is 1. The van der Waals surface area contributed by atoms with E-state index >= 15 is 0 Å². The van der Waals surface area contributed by atoms with Crippen LogP contribution in [0.3, 0.4) is 0 Å². The molecule has 2 fully saturated rings. The van der Waals surface area contributed by atoms with Crippen molar-refractivity contribution in [2.45, 2.75) is 44.9 Å². The molecule has 20 heavy (non-hydrogen) atoms. The predicted octanol–water partition coefficient (Wildman–Crippen LogP) is 2.55. The van der Waals surface area contributed by atoms with E-state index in [1.54, 1.807) is 0 Å². The van der Waals surface area contributed by atoms with Crippen molar-refractivity contribution in [2.24, 2.45) is 0 Å². The fourth-order valence-electron chi connectivity index (χ4n) is 2.69. The summed E-state index contributed by atoms with van der Waals surface area (Å²) < 4.78 is 5.77. The number of nitrogens with one attached hydrogen (secondary N) is 1. The minimum Gasteiger partial charge on any atom is -0.375 e. The first kappa shape index (κ1) is 14.1. The summed E-state index contributed by atoms with van der Waals surface area (Å²) in [5.74, 6) is 0. The molecule has 1 saturated carbocycles. The van der Waals surface area contributed by atoms with Crippen LogP contribution in [-0.2, 0) is 17.9 Å². The van der Waals surface area contributed by atoms with Crippen LogP contribution in [0.15, 0.2) is 24.3 Å². The zero-order valence-electron chi connectivity index (χ0n) is 12.3. The third-order valence-electron chi connectivity index (χ3n) is 4.21. The van der Waals surface area contributed by atoms with Gasteiger partial charge in [-0.15, -0.1) is 0 Å². The molecule has 0 aromatic heterocycles. The zero-order valence-corrected chi connectivity index (χ0v) is 12.3. The average molecular weight is 274 g/mol. The van der Waals surface area contributed by atoms with Gasteiger partial charge in [-0.25, -0.2) is 0 Å². The van der Waals surface area contributed by atoms with Gasteiger partial charge >= 0.3 is 0 Å². The summed E-state index contributed by atoms with van der Waals surface area (Å²) in [7, 11) is 0. The highest BCUT2D eigenvalue weighted by Crippen LogP contribution is 2.19. The Balaban J connectivity index is 1.32. The monoisotopic (exact) mass is 274 g/mol. The number of hydrogen-bond donors (Lipinski definition) is 1. The Bertz CT molecular complexity index is 394. The van der Waals surface area contributed by atoms with Crippen molar-refractivity contribution < 1.29 is 4.74 Å². The minimum atomic E-state index is 0.740. The number of benzene rings is 1. The van der Waals surface area contributed by atoms with Crippen molar-refractivity contribution in [1.82, 2.24) is 10.2 Å². The van der Waals surface area contributed by atoms with Crippen LogP contribution in [0.25, 0.3) is 0 Å². The van der Waals surface area contributed by atoms with Gasteiger partial charge in [0.2, 0.25) is 0 Å². The van der Waals surface area contributed by atoms with Crippen molar-refractivity contribution >= 4 is 0 Å². The molecular formula is C17H26N2O. The Kier molecular flexibility index (Phi) is 5.06. The average Bonchev–Trinajstić information content (AvgIpc) is 3.17. The first-order valence-electron chi connectivity index (χ1n) is 8.01. The zero-order chi connectivity index (χ0) is 13.6. The van der Waals surface area contributed by atoms with Gasteiger partial charge in [-0.1, -0.05) is 24.3 Å². The van der Waals surface area contributed by atoms with Crippen LogP contribution in [-0.4, -0.2) is 37.2 Å². The van der Waals surface area contributed by atoms with Crippen LogP contribution in [0.1, 0.15) is 36.8 Å². The standard InChI is InChI=1S/C17H26N2O/c1-2-10-19(9-1)11-12-20-14-16-5-3-15(4-6-16)13-18-17-7-8-17/h3-6,17-18H,1-2,7-14H2. The van der Waals surface area contributed by atoms with Crippen molar-refractivity contribution in [2.75, 3.05) is 26.2 Å². The van der Waals surface area contributed by atoms with E-state index in [2.05, 4.69) is 34.5 Å². The van der Waals surface area contributed by atoms with Crippen molar-refractivity contribution in [3.8, 4) is 0 Å². The molecule has 0 amide bonds. The second-order valence-corrected chi connectivity index (χ2v) is 6.07. The maximum atomic E-state index is 5.77. The SMILES string of the molecule is c1cc(COCCN2CCCC2)ccc1CNC1CC1. The van der Waals surface area contributed by atoms with Crippen LogP contribution in [0.5, 0.6) is 0 Å². The first-order valence-corrected chi connectivity index (χ1v) is 8.01. The van der Waals surface area contributed by atoms with Gasteiger partial charge < -0.3 is 15.0 Å². The minimum absolute atomic E-state index is 0.740. The maximum absolute atomic E-state index is 5.77. The molecule has 1 aromatic rings. The largest absolute Gasteiger partial charge is 0.375 e. The van der Waals surface area contributed by atoms with Gasteiger partial charge in [0.25, 0.3) is 0 Å². The maximum Gasteiger partial charge on any atom is 0.0717 e. The van der Waals surface area contributed by atoms with Gasteiger partial charge in [0.1, 0.15) is 0 Å². The topological polar surface area (TPSA) is 24.5 Å². The van der Waals surface area contributed by atoms with E-state index < -0.39 is 0 Å². The molecule has 0 unspecified atom stereocenters. The number of hydrogen-bond acceptors (Lipinski definition) is 3. The highest BCUT2D eigenvalue weighted by molar-refractivity contribution is 5.22. The van der Waals surface area contributed by atoms with E-state index in [1.165, 1.54) is 49.9 Å². The molecule has 2 aliphatic rings. The molecule has 1 aliphatic carbocycles. The lowest BCUT2D eigenvalue weighted by atomic mass is 10.1. The quantitative estimate of drug-likeness (QED) is 0.737. The highest BCUT2D eigenvalue weighted by atomic mass is 16.5. The van der Waals surface area contributed by atoms with E-state index in [-0.39, 0.29) is 0 Å². The lowest BCUT2D eigenvalue weighted by Gasteiger charge is -2.14. The van der Waals surface area contributed by atoms with Gasteiger partial charge in [0, 0.05) is 19.1 Å². The molecule has 0 atom stereocenters. The Morgan fingerprint density at radius 3 is 2.45 bits per heavy atom. The molecular weight excluding hydrogens is 248 g/mol. The third kappa shape index (κ3) is 4.58. The van der Waals surface area contributed by atoms with Crippen LogP contribution in [0.4, 0.5) is 0 Å². The number of likely N-dealkylation sites (tertiary alicyclic amines) is 1. The van der Waals surface area contributed by atoms with E-state index in [0.717, 1.165) is 32.3 Å². The molecule has 3 rings (SSSR count). The van der Waals surface area contributed by atoms with Crippen LogP contribution in [0.2, 0.25) is 0 Å². The molecule has 1 aliphatic heterocycles. The lowest BCUT2D eigenvalue weighted by molar-refractivity contribution is 0.0992. The van der Waals surface area contributed by atoms with Gasteiger partial charge in [-0.2, -0.15) is 0 Å². The number of nitrogens with zero attached hydrogens (tertiary/aromatic N) is 1. The predicted molar refractivity (Wildman–Crippen MR) is 81.6 cm³/mol. The van der Waals surface area contributed by atoms with Gasteiger partial charge in [-0.05, 0) is 49.9 Å². The third-order valence-corrected chi connectivity index (χ3v) is 4.21. The molecule has 3 nitrogen and oxygen atoms in total. The smallest absolute Gasteiger partial charge is 0.0717 e. The summed E-state index contributed by atoms with van der Waals surface area (Å²) in [5, 5.41) is 3.54. The first-order chi connectivity index (χ1) is 9.90. The molecule has 1 saturated heterocycles. The Hall–Kier alpha value is -0.900.